The quantitative estimate of drug-likeness (QED) is 0.617. The molecule has 0 radical (unpaired) electrons. The van der Waals surface area contributed by atoms with Crippen molar-refractivity contribution in [2.45, 2.75) is 19.4 Å². The van der Waals surface area contributed by atoms with E-state index in [2.05, 4.69) is 0 Å². The Bertz CT molecular complexity index is 348. The normalized spacial score (nSPS) is 26.8. The van der Waals surface area contributed by atoms with Gasteiger partial charge in [-0.25, -0.2) is 0 Å². The lowest BCUT2D eigenvalue weighted by Gasteiger charge is -2.15. The number of hydrogen-bond acceptors (Lipinski definition) is 1. The van der Waals surface area contributed by atoms with Crippen molar-refractivity contribution in [1.82, 2.24) is 0 Å². The first-order valence-electron chi connectivity index (χ1n) is 4.13. The molecule has 2 rings (SSSR count). The molecule has 0 saturated heterocycles. The minimum Gasteiger partial charge on any atom is -0.381 e. The van der Waals surface area contributed by atoms with E-state index >= 15 is 0 Å². The van der Waals surface area contributed by atoms with Gasteiger partial charge in [-0.15, -0.1) is 0 Å². The molecule has 0 fully saturated rings. The van der Waals surface area contributed by atoms with E-state index < -0.39 is 5.60 Å². The van der Waals surface area contributed by atoms with Gasteiger partial charge in [0.05, 0.1) is 0 Å². The fourth-order valence-corrected chi connectivity index (χ4v) is 1.85. The van der Waals surface area contributed by atoms with Crippen molar-refractivity contribution >= 4 is 5.57 Å². The summed E-state index contributed by atoms with van der Waals surface area (Å²) in [7, 11) is 0. The largest absolute Gasteiger partial charge is 0.381 e. The van der Waals surface area contributed by atoms with Crippen LogP contribution in [-0.4, -0.2) is 5.11 Å². The highest BCUT2D eigenvalue weighted by Gasteiger charge is 2.29. The molecule has 0 unspecified atom stereocenters. The summed E-state index contributed by atoms with van der Waals surface area (Å²) in [6.45, 7) is 3.85. The van der Waals surface area contributed by atoms with E-state index in [0.29, 0.717) is 0 Å². The van der Waals surface area contributed by atoms with Crippen LogP contribution in [0, 0.1) is 0 Å². The first-order valence-corrected chi connectivity index (χ1v) is 4.13. The van der Waals surface area contributed by atoms with Crippen molar-refractivity contribution < 1.29 is 5.11 Å². The molecule has 62 valence electrons. The second kappa shape index (κ2) is 2.20. The zero-order valence-corrected chi connectivity index (χ0v) is 7.33. The number of hydrogen-bond donors (Lipinski definition) is 1. The number of allylic oxidation sites excluding steroid dienone is 1. The lowest BCUT2D eigenvalue weighted by Crippen LogP contribution is -2.14. The van der Waals surface area contributed by atoms with Crippen LogP contribution in [0.2, 0.25) is 0 Å². The number of fused-ring (bicyclic) bond motifs is 1. The zero-order valence-electron chi connectivity index (χ0n) is 7.33. The predicted octanol–water partition coefficient (Wildman–Crippen LogP) is 2.31. The SMILES string of the molecule is CC1=C[C@@](C)(O)c2ccccc21. The first-order chi connectivity index (χ1) is 5.61. The van der Waals surface area contributed by atoms with Gasteiger partial charge in [0.2, 0.25) is 0 Å². The summed E-state index contributed by atoms with van der Waals surface area (Å²) < 4.78 is 0. The Balaban J connectivity index is 2.68. The molecule has 1 atom stereocenters. The molecule has 1 nitrogen and oxygen atoms in total. The molecule has 0 saturated carbocycles. The molecule has 1 aliphatic rings. The van der Waals surface area contributed by atoms with Gasteiger partial charge in [-0.05, 0) is 36.6 Å². The minimum absolute atomic E-state index is 0.763. The average molecular weight is 160 g/mol. The van der Waals surface area contributed by atoms with Crippen LogP contribution in [0.1, 0.15) is 25.0 Å². The molecule has 0 amide bonds. The van der Waals surface area contributed by atoms with Crippen molar-refractivity contribution in [3.05, 3.63) is 41.5 Å². The second-order valence-electron chi connectivity index (χ2n) is 3.52. The molecule has 0 spiro atoms. The molecule has 0 aliphatic heterocycles. The highest BCUT2D eigenvalue weighted by Crippen LogP contribution is 2.37. The predicted molar refractivity (Wildman–Crippen MR) is 49.7 cm³/mol. The van der Waals surface area contributed by atoms with Crippen LogP contribution in [0.5, 0.6) is 0 Å². The Kier molecular flexibility index (Phi) is 1.39. The molecule has 1 heteroatoms. The van der Waals surface area contributed by atoms with Crippen molar-refractivity contribution in [3.8, 4) is 0 Å². The third kappa shape index (κ3) is 0.901. The highest BCUT2D eigenvalue weighted by molar-refractivity contribution is 5.74. The van der Waals surface area contributed by atoms with Crippen molar-refractivity contribution in [3.63, 3.8) is 0 Å². The maximum atomic E-state index is 9.94. The third-order valence-electron chi connectivity index (χ3n) is 2.39. The summed E-state index contributed by atoms with van der Waals surface area (Å²) in [5.74, 6) is 0. The Morgan fingerprint density at radius 1 is 1.25 bits per heavy atom. The van der Waals surface area contributed by atoms with Gasteiger partial charge in [0.1, 0.15) is 5.60 Å². The van der Waals surface area contributed by atoms with Gasteiger partial charge in [-0.2, -0.15) is 0 Å². The number of benzene rings is 1. The fraction of sp³-hybridized carbons (Fsp3) is 0.273. The van der Waals surface area contributed by atoms with Gasteiger partial charge in [-0.3, -0.25) is 0 Å². The standard InChI is InChI=1S/C11H12O/c1-8-7-11(2,12)10-6-4-3-5-9(8)10/h3-7,12H,1-2H3/t11-/m1/s1. The molecule has 0 heterocycles. The summed E-state index contributed by atoms with van der Waals surface area (Å²) in [6, 6.07) is 7.97. The maximum absolute atomic E-state index is 9.94. The van der Waals surface area contributed by atoms with E-state index in [1.807, 2.05) is 44.2 Å². The van der Waals surface area contributed by atoms with Crippen LogP contribution >= 0.6 is 0 Å². The van der Waals surface area contributed by atoms with Crippen LogP contribution in [0.4, 0.5) is 0 Å². The van der Waals surface area contributed by atoms with E-state index in [0.717, 1.165) is 11.1 Å². The summed E-state index contributed by atoms with van der Waals surface area (Å²) in [5.41, 5.74) is 2.58. The van der Waals surface area contributed by atoms with Crippen molar-refractivity contribution in [2.75, 3.05) is 0 Å². The Morgan fingerprint density at radius 2 is 1.92 bits per heavy atom. The van der Waals surface area contributed by atoms with Gasteiger partial charge in [0.15, 0.2) is 0 Å². The lowest BCUT2D eigenvalue weighted by molar-refractivity contribution is 0.115. The van der Waals surface area contributed by atoms with Crippen LogP contribution in [0.25, 0.3) is 5.57 Å². The minimum atomic E-state index is -0.763. The monoisotopic (exact) mass is 160 g/mol. The van der Waals surface area contributed by atoms with E-state index in [-0.39, 0.29) is 0 Å². The number of aliphatic hydroxyl groups is 1. The summed E-state index contributed by atoms with van der Waals surface area (Å²) in [6.07, 6.45) is 1.90. The third-order valence-corrected chi connectivity index (χ3v) is 2.39. The number of rotatable bonds is 0. The molecule has 1 N–H and O–H groups in total. The fourth-order valence-electron chi connectivity index (χ4n) is 1.85. The highest BCUT2D eigenvalue weighted by atomic mass is 16.3. The Morgan fingerprint density at radius 3 is 2.58 bits per heavy atom. The maximum Gasteiger partial charge on any atom is 0.106 e. The molecule has 12 heavy (non-hydrogen) atoms. The lowest BCUT2D eigenvalue weighted by atomic mass is 9.98. The van der Waals surface area contributed by atoms with Gasteiger partial charge >= 0.3 is 0 Å². The molecule has 0 bridgehead atoms. The van der Waals surface area contributed by atoms with E-state index in [4.69, 9.17) is 0 Å². The van der Waals surface area contributed by atoms with Gasteiger partial charge < -0.3 is 5.11 Å². The van der Waals surface area contributed by atoms with E-state index in [1.165, 1.54) is 5.56 Å². The van der Waals surface area contributed by atoms with Gasteiger partial charge in [0.25, 0.3) is 0 Å². The Hall–Kier alpha value is -1.08. The van der Waals surface area contributed by atoms with Crippen LogP contribution < -0.4 is 0 Å². The van der Waals surface area contributed by atoms with Crippen molar-refractivity contribution in [2.24, 2.45) is 0 Å². The molecule has 0 aromatic heterocycles. The van der Waals surface area contributed by atoms with Crippen LogP contribution in [0.3, 0.4) is 0 Å². The van der Waals surface area contributed by atoms with Crippen LogP contribution in [0.15, 0.2) is 30.3 Å². The summed E-state index contributed by atoms with van der Waals surface area (Å²) in [4.78, 5) is 0. The van der Waals surface area contributed by atoms with Crippen LogP contribution in [-0.2, 0) is 5.60 Å². The molecular weight excluding hydrogens is 148 g/mol. The molecule has 1 aliphatic carbocycles. The van der Waals surface area contributed by atoms with Gasteiger partial charge in [0, 0.05) is 0 Å². The molecule has 1 aromatic rings. The van der Waals surface area contributed by atoms with E-state index in [9.17, 15) is 5.11 Å². The zero-order chi connectivity index (χ0) is 8.77. The molecular formula is C11H12O. The second-order valence-corrected chi connectivity index (χ2v) is 3.52. The van der Waals surface area contributed by atoms with Crippen molar-refractivity contribution in [1.29, 1.82) is 0 Å². The summed E-state index contributed by atoms with van der Waals surface area (Å²) in [5, 5.41) is 9.94. The smallest absolute Gasteiger partial charge is 0.106 e. The summed E-state index contributed by atoms with van der Waals surface area (Å²) >= 11 is 0. The topological polar surface area (TPSA) is 20.2 Å². The van der Waals surface area contributed by atoms with E-state index in [1.54, 1.807) is 0 Å². The molecule has 1 aromatic carbocycles. The van der Waals surface area contributed by atoms with Gasteiger partial charge in [-0.1, -0.05) is 24.3 Å². The first kappa shape index (κ1) is 7.56. The Labute approximate surface area is 72.4 Å². The average Bonchev–Trinajstić information content (AvgIpc) is 2.25.